The lowest BCUT2D eigenvalue weighted by Crippen LogP contribution is -2.36. The Hall–Kier alpha value is -0.470. The van der Waals surface area contributed by atoms with E-state index in [0.717, 1.165) is 19.5 Å². The third-order valence-corrected chi connectivity index (χ3v) is 5.57. The number of sulfonamides is 1. The summed E-state index contributed by atoms with van der Waals surface area (Å²) in [7, 11) is -1.42. The van der Waals surface area contributed by atoms with Gasteiger partial charge in [0.25, 0.3) is 0 Å². The minimum Gasteiger partial charge on any atom is -0.326 e. The van der Waals surface area contributed by atoms with E-state index in [-0.39, 0.29) is 12.6 Å². The molecule has 1 unspecified atom stereocenters. The summed E-state index contributed by atoms with van der Waals surface area (Å²) in [4.78, 5) is 3.16. The molecule has 5 nitrogen and oxygen atoms in total. The van der Waals surface area contributed by atoms with Gasteiger partial charge in [0, 0.05) is 24.0 Å². The third-order valence-electron chi connectivity index (χ3n) is 2.89. The molecule has 0 aromatic carbocycles. The van der Waals surface area contributed by atoms with Crippen LogP contribution in [0.5, 0.6) is 0 Å². The van der Waals surface area contributed by atoms with Crippen LogP contribution in [-0.4, -0.2) is 39.5 Å². The Bertz CT molecular complexity index is 483. The van der Waals surface area contributed by atoms with Gasteiger partial charge in [0.05, 0.1) is 4.90 Å². The third kappa shape index (κ3) is 2.86. The van der Waals surface area contributed by atoms with E-state index >= 15 is 0 Å². The highest BCUT2D eigenvalue weighted by atomic mass is 32.2. The van der Waals surface area contributed by atoms with Crippen molar-refractivity contribution in [2.75, 3.05) is 20.1 Å². The maximum atomic E-state index is 12.2. The van der Waals surface area contributed by atoms with Gasteiger partial charge in [-0.05, 0) is 31.5 Å². The summed E-state index contributed by atoms with van der Waals surface area (Å²) in [5.41, 5.74) is 5.53. The predicted molar refractivity (Wildman–Crippen MR) is 68.4 cm³/mol. The Kier molecular flexibility index (Phi) is 3.84. The fourth-order valence-electron chi connectivity index (χ4n) is 2.03. The van der Waals surface area contributed by atoms with Crippen LogP contribution >= 0.6 is 11.3 Å². The van der Waals surface area contributed by atoms with Gasteiger partial charge in [0.1, 0.15) is 0 Å². The number of thiophene rings is 1. The number of likely N-dealkylation sites (tertiary alicyclic amines) is 1. The number of nitrogens with two attached hydrogens (primary N) is 1. The van der Waals surface area contributed by atoms with Gasteiger partial charge in [-0.15, -0.1) is 11.3 Å². The second-order valence-corrected chi connectivity index (χ2v) is 6.96. The van der Waals surface area contributed by atoms with Gasteiger partial charge in [-0.1, -0.05) is 0 Å². The molecule has 1 aliphatic heterocycles. The number of hydrogen-bond donors (Lipinski definition) is 2. The molecule has 2 heterocycles. The smallest absolute Gasteiger partial charge is 0.242 e. The summed E-state index contributed by atoms with van der Waals surface area (Å²) < 4.78 is 27.1. The topological polar surface area (TPSA) is 75.4 Å². The molecule has 1 atom stereocenters. The van der Waals surface area contributed by atoms with Crippen LogP contribution in [0.25, 0.3) is 0 Å². The zero-order valence-corrected chi connectivity index (χ0v) is 11.4. The molecule has 3 N–H and O–H groups in total. The van der Waals surface area contributed by atoms with Gasteiger partial charge < -0.3 is 10.6 Å². The quantitative estimate of drug-likeness (QED) is 0.822. The molecule has 0 radical (unpaired) electrons. The highest BCUT2D eigenvalue weighted by Gasteiger charge is 2.27. The number of rotatable bonds is 4. The largest absolute Gasteiger partial charge is 0.326 e. The molecule has 17 heavy (non-hydrogen) atoms. The Morgan fingerprint density at radius 1 is 1.65 bits per heavy atom. The molecule has 1 fully saturated rings. The van der Waals surface area contributed by atoms with Crippen LogP contribution in [0, 0.1) is 0 Å². The first-order chi connectivity index (χ1) is 8.03. The van der Waals surface area contributed by atoms with Crippen LogP contribution in [0.4, 0.5) is 0 Å². The molecule has 0 amide bonds. The van der Waals surface area contributed by atoms with Crippen LogP contribution in [0.2, 0.25) is 0 Å². The molecular formula is C10H17N3O2S2. The van der Waals surface area contributed by atoms with E-state index in [1.165, 1.54) is 11.3 Å². The molecular weight excluding hydrogens is 258 g/mol. The molecule has 0 bridgehead atoms. The summed E-state index contributed by atoms with van der Waals surface area (Å²) in [6.45, 7) is 1.96. The van der Waals surface area contributed by atoms with E-state index in [0.29, 0.717) is 9.77 Å². The minimum atomic E-state index is -3.41. The highest BCUT2D eigenvalue weighted by Crippen LogP contribution is 2.22. The van der Waals surface area contributed by atoms with Gasteiger partial charge >= 0.3 is 0 Å². The molecule has 1 saturated heterocycles. The van der Waals surface area contributed by atoms with Crippen molar-refractivity contribution < 1.29 is 8.42 Å². The first-order valence-electron chi connectivity index (χ1n) is 5.50. The summed E-state index contributed by atoms with van der Waals surface area (Å²) in [5.74, 6) is 0. The lowest BCUT2D eigenvalue weighted by atomic mass is 10.3. The standard InChI is InChI=1S/C10H17N3O2S2/c1-13-4-2-8(7-13)12-17(14,15)10-3-5-16-9(10)6-11/h3,5,8,12H,2,4,6-7,11H2,1H3. The second-order valence-electron chi connectivity index (χ2n) is 4.28. The van der Waals surface area contributed by atoms with Crippen molar-refractivity contribution in [3.05, 3.63) is 16.3 Å². The van der Waals surface area contributed by atoms with Gasteiger partial charge in [0.2, 0.25) is 10.0 Å². The highest BCUT2D eigenvalue weighted by molar-refractivity contribution is 7.89. The fraction of sp³-hybridized carbons (Fsp3) is 0.600. The first kappa shape index (κ1) is 13.0. The average Bonchev–Trinajstić information content (AvgIpc) is 2.86. The minimum absolute atomic E-state index is 0.00974. The van der Waals surface area contributed by atoms with E-state index in [4.69, 9.17) is 5.73 Å². The molecule has 96 valence electrons. The molecule has 1 aromatic rings. The number of hydrogen-bond acceptors (Lipinski definition) is 5. The van der Waals surface area contributed by atoms with Gasteiger partial charge in [-0.3, -0.25) is 0 Å². The van der Waals surface area contributed by atoms with E-state index < -0.39 is 10.0 Å². The Balaban J connectivity index is 2.14. The van der Waals surface area contributed by atoms with Crippen molar-refractivity contribution in [3.63, 3.8) is 0 Å². The lowest BCUT2D eigenvalue weighted by Gasteiger charge is -2.13. The first-order valence-corrected chi connectivity index (χ1v) is 7.86. The SMILES string of the molecule is CN1CCC(NS(=O)(=O)c2ccsc2CN)C1. The molecule has 0 saturated carbocycles. The van der Waals surface area contributed by atoms with Crippen LogP contribution in [0.15, 0.2) is 16.3 Å². The van der Waals surface area contributed by atoms with Gasteiger partial charge in [-0.25, -0.2) is 13.1 Å². The predicted octanol–water partition coefficient (Wildman–Crippen LogP) is 0.189. The number of likely N-dealkylation sites (N-methyl/N-ethyl adjacent to an activating group) is 1. The molecule has 7 heteroatoms. The van der Waals surface area contributed by atoms with Crippen molar-refractivity contribution >= 4 is 21.4 Å². The van der Waals surface area contributed by atoms with Crippen molar-refractivity contribution in [1.82, 2.24) is 9.62 Å². The summed E-state index contributed by atoms with van der Waals surface area (Å²) in [5, 5.41) is 1.76. The normalized spacial score (nSPS) is 22.1. The fourth-order valence-corrected chi connectivity index (χ4v) is 4.63. The van der Waals surface area contributed by atoms with E-state index in [2.05, 4.69) is 9.62 Å². The lowest BCUT2D eigenvalue weighted by molar-refractivity contribution is 0.407. The molecule has 0 spiro atoms. The van der Waals surface area contributed by atoms with E-state index in [1.807, 2.05) is 7.05 Å². The van der Waals surface area contributed by atoms with Crippen molar-refractivity contribution in [1.29, 1.82) is 0 Å². The Morgan fingerprint density at radius 2 is 2.41 bits per heavy atom. The van der Waals surface area contributed by atoms with Crippen LogP contribution in [-0.2, 0) is 16.6 Å². The van der Waals surface area contributed by atoms with E-state index in [1.54, 1.807) is 11.4 Å². The number of nitrogens with zero attached hydrogens (tertiary/aromatic N) is 1. The second kappa shape index (κ2) is 5.03. The Labute approximate surface area is 106 Å². The molecule has 1 aliphatic rings. The van der Waals surface area contributed by atoms with Crippen LogP contribution < -0.4 is 10.5 Å². The van der Waals surface area contributed by atoms with Crippen LogP contribution in [0.3, 0.4) is 0 Å². The van der Waals surface area contributed by atoms with Crippen molar-refractivity contribution in [3.8, 4) is 0 Å². The van der Waals surface area contributed by atoms with Crippen LogP contribution in [0.1, 0.15) is 11.3 Å². The zero-order chi connectivity index (χ0) is 12.5. The average molecular weight is 275 g/mol. The molecule has 2 rings (SSSR count). The summed E-state index contributed by atoms with van der Waals surface area (Å²) in [6.07, 6.45) is 0.859. The van der Waals surface area contributed by atoms with Gasteiger partial charge in [0.15, 0.2) is 0 Å². The van der Waals surface area contributed by atoms with Crippen molar-refractivity contribution in [2.24, 2.45) is 5.73 Å². The van der Waals surface area contributed by atoms with Gasteiger partial charge in [-0.2, -0.15) is 0 Å². The maximum Gasteiger partial charge on any atom is 0.242 e. The zero-order valence-electron chi connectivity index (χ0n) is 9.72. The molecule has 0 aliphatic carbocycles. The monoisotopic (exact) mass is 275 g/mol. The Morgan fingerprint density at radius 3 is 3.00 bits per heavy atom. The molecule has 1 aromatic heterocycles. The summed E-state index contributed by atoms with van der Waals surface area (Å²) in [6, 6.07) is 1.63. The number of nitrogens with one attached hydrogen (secondary N) is 1. The maximum absolute atomic E-state index is 12.2. The van der Waals surface area contributed by atoms with E-state index in [9.17, 15) is 8.42 Å². The van der Waals surface area contributed by atoms with Crippen molar-refractivity contribution in [2.45, 2.75) is 23.9 Å². The summed E-state index contributed by atoms with van der Waals surface area (Å²) >= 11 is 1.38.